The number of alkyl halides is 3. The highest BCUT2D eigenvalue weighted by Crippen LogP contribution is 2.42. The minimum atomic E-state index is -4.76. The maximum Gasteiger partial charge on any atom is 0.435 e. The van der Waals surface area contributed by atoms with Crippen molar-refractivity contribution in [3.8, 4) is 5.69 Å². The Hall–Kier alpha value is -2.88. The van der Waals surface area contributed by atoms with Gasteiger partial charge in [0, 0.05) is 37.3 Å². The number of benzene rings is 1. The maximum atomic E-state index is 14.0. The van der Waals surface area contributed by atoms with Crippen LogP contribution in [0.5, 0.6) is 0 Å². The summed E-state index contributed by atoms with van der Waals surface area (Å²) in [6.07, 6.45) is 4.92. The van der Waals surface area contributed by atoms with E-state index in [1.54, 1.807) is 18.2 Å². The Kier molecular flexibility index (Phi) is 7.19. The number of fused-ring (bicyclic) bond motifs is 1. The molecule has 3 saturated carbocycles. The van der Waals surface area contributed by atoms with Crippen molar-refractivity contribution in [3.63, 3.8) is 0 Å². The van der Waals surface area contributed by atoms with Crippen LogP contribution in [0.4, 0.5) is 18.9 Å². The van der Waals surface area contributed by atoms with E-state index < -0.39 is 29.0 Å². The molecule has 4 aliphatic rings. The second kappa shape index (κ2) is 10.4. The highest BCUT2D eigenvalue weighted by atomic mass is 19.4. The Morgan fingerprint density at radius 3 is 2.34 bits per heavy atom. The predicted molar refractivity (Wildman–Crippen MR) is 150 cm³/mol. The van der Waals surface area contributed by atoms with E-state index in [2.05, 4.69) is 15.3 Å². The second-order valence-electron chi connectivity index (χ2n) is 13.6. The Bertz CT molecular complexity index is 1330. The van der Waals surface area contributed by atoms with Gasteiger partial charge in [0.05, 0.1) is 22.5 Å². The van der Waals surface area contributed by atoms with Gasteiger partial charge in [-0.15, -0.1) is 0 Å². The van der Waals surface area contributed by atoms with Gasteiger partial charge in [-0.25, -0.2) is 4.68 Å². The molecular weight excluding hydrogens is 531 g/mol. The molecule has 0 aliphatic heterocycles. The zero-order valence-corrected chi connectivity index (χ0v) is 23.9. The fraction of sp³-hybridized carbons (Fsp3) is 0.645. The molecule has 1 heterocycles. The molecule has 0 radical (unpaired) electrons. The SMILES string of the molecule is CC1(C)CC(=O)c2c(C(F)(F)F)nn(-c3ccc(C(N)=O)c(NC4CCCCC4N(CC4CC4)CC4CC4)c3)c2C1. The normalized spacial score (nSPS) is 24.4. The first-order chi connectivity index (χ1) is 19.4. The largest absolute Gasteiger partial charge is 0.435 e. The Morgan fingerprint density at radius 1 is 1.07 bits per heavy atom. The summed E-state index contributed by atoms with van der Waals surface area (Å²) in [5.41, 5.74) is 5.21. The molecular formula is C31H40F3N5O2. The van der Waals surface area contributed by atoms with Crippen LogP contribution in [0.25, 0.3) is 5.69 Å². The first-order valence-electron chi connectivity index (χ1n) is 15.1. The number of ketones is 1. The van der Waals surface area contributed by atoms with Gasteiger partial charge in [0.1, 0.15) is 0 Å². The molecule has 2 atom stereocenters. The van der Waals surface area contributed by atoms with Crippen LogP contribution >= 0.6 is 0 Å². The summed E-state index contributed by atoms with van der Waals surface area (Å²) in [7, 11) is 0. The van der Waals surface area contributed by atoms with E-state index in [1.807, 2.05) is 13.8 Å². The van der Waals surface area contributed by atoms with E-state index >= 15 is 0 Å². The highest BCUT2D eigenvalue weighted by Gasteiger charge is 2.45. The number of anilines is 1. The lowest BCUT2D eigenvalue weighted by Gasteiger charge is -2.41. The van der Waals surface area contributed by atoms with Gasteiger partial charge in [0.25, 0.3) is 5.91 Å². The van der Waals surface area contributed by atoms with Crippen molar-refractivity contribution in [3.05, 3.63) is 40.7 Å². The van der Waals surface area contributed by atoms with Crippen LogP contribution in [0.3, 0.4) is 0 Å². The number of aromatic nitrogens is 2. The maximum absolute atomic E-state index is 14.0. The lowest BCUT2D eigenvalue weighted by Crippen LogP contribution is -2.50. The molecule has 2 unspecified atom stereocenters. The Balaban J connectivity index is 1.37. The third-order valence-electron chi connectivity index (χ3n) is 9.25. The van der Waals surface area contributed by atoms with Crippen LogP contribution in [0.2, 0.25) is 0 Å². The average Bonchev–Trinajstić information content (AvgIpc) is 3.82. The number of carbonyl (C=O) groups is 2. The molecule has 0 bridgehead atoms. The van der Waals surface area contributed by atoms with E-state index in [0.717, 1.165) is 50.6 Å². The number of hydrogen-bond donors (Lipinski definition) is 2. The summed E-state index contributed by atoms with van der Waals surface area (Å²) in [6, 6.07) is 5.21. The van der Waals surface area contributed by atoms with Crippen molar-refractivity contribution in [2.24, 2.45) is 23.0 Å². The van der Waals surface area contributed by atoms with E-state index in [0.29, 0.717) is 23.0 Å². The smallest absolute Gasteiger partial charge is 0.380 e. The molecule has 7 nitrogen and oxygen atoms in total. The van der Waals surface area contributed by atoms with Crippen molar-refractivity contribution in [1.29, 1.82) is 0 Å². The van der Waals surface area contributed by atoms with Crippen LogP contribution in [0.1, 0.15) is 104 Å². The fourth-order valence-electron chi connectivity index (χ4n) is 6.88. The quantitative estimate of drug-likeness (QED) is 0.386. The molecule has 222 valence electrons. The highest BCUT2D eigenvalue weighted by molar-refractivity contribution is 6.00. The van der Waals surface area contributed by atoms with Gasteiger partial charge in [-0.05, 0) is 80.4 Å². The van der Waals surface area contributed by atoms with Gasteiger partial charge >= 0.3 is 6.18 Å². The standard InChI is InChI=1S/C31H40F3N5O2/c1-30(2)14-25-27(26(40)15-30)28(31(32,33)34)37-39(25)20-11-12-21(29(35)41)23(13-20)36-22-5-3-4-6-24(22)38(16-18-7-8-18)17-19-9-10-19/h11-13,18-19,22,24,36H,3-10,14-17H2,1-2H3,(H2,35,41). The molecule has 4 aliphatic carbocycles. The Morgan fingerprint density at radius 2 is 1.73 bits per heavy atom. The van der Waals surface area contributed by atoms with Crippen LogP contribution < -0.4 is 11.1 Å². The lowest BCUT2D eigenvalue weighted by atomic mass is 9.75. The van der Waals surface area contributed by atoms with Crippen LogP contribution in [0, 0.1) is 17.3 Å². The van der Waals surface area contributed by atoms with Crippen LogP contribution in [0.15, 0.2) is 18.2 Å². The zero-order chi connectivity index (χ0) is 29.1. The van der Waals surface area contributed by atoms with E-state index in [-0.39, 0.29) is 30.1 Å². The van der Waals surface area contributed by atoms with E-state index in [1.165, 1.54) is 30.4 Å². The number of nitrogens with two attached hydrogens (primary N) is 1. The predicted octanol–water partition coefficient (Wildman–Crippen LogP) is 5.99. The minimum absolute atomic E-state index is 0.0312. The molecule has 41 heavy (non-hydrogen) atoms. The number of rotatable bonds is 9. The fourth-order valence-corrected chi connectivity index (χ4v) is 6.88. The topological polar surface area (TPSA) is 93.2 Å². The third kappa shape index (κ3) is 6.03. The van der Waals surface area contributed by atoms with Gasteiger partial charge in [-0.2, -0.15) is 18.3 Å². The van der Waals surface area contributed by atoms with Gasteiger partial charge < -0.3 is 11.1 Å². The third-order valence-corrected chi connectivity index (χ3v) is 9.25. The molecule has 6 rings (SSSR count). The minimum Gasteiger partial charge on any atom is -0.380 e. The second-order valence-corrected chi connectivity index (χ2v) is 13.6. The molecule has 3 N–H and O–H groups in total. The summed E-state index contributed by atoms with van der Waals surface area (Å²) in [5, 5.41) is 7.58. The van der Waals surface area contributed by atoms with Crippen molar-refractivity contribution in [2.75, 3.05) is 18.4 Å². The monoisotopic (exact) mass is 571 g/mol. The number of nitrogens with zero attached hydrogens (tertiary/aromatic N) is 3. The van der Waals surface area contributed by atoms with Crippen LogP contribution in [-0.4, -0.2) is 51.5 Å². The number of primary amides is 1. The number of Topliss-reactive ketones (excluding diaryl/α,β-unsaturated/α-hetero) is 1. The molecule has 0 saturated heterocycles. The molecule has 10 heteroatoms. The van der Waals surface area contributed by atoms with Gasteiger partial charge in [0.2, 0.25) is 0 Å². The van der Waals surface area contributed by atoms with E-state index in [9.17, 15) is 22.8 Å². The first kappa shape index (κ1) is 28.2. The van der Waals surface area contributed by atoms with Crippen molar-refractivity contribution in [2.45, 2.75) is 96.3 Å². The average molecular weight is 572 g/mol. The summed E-state index contributed by atoms with van der Waals surface area (Å²) in [4.78, 5) is 28.1. The lowest BCUT2D eigenvalue weighted by molar-refractivity contribution is -0.141. The summed E-state index contributed by atoms with van der Waals surface area (Å²) in [6.45, 7) is 5.96. The molecule has 1 aromatic heterocycles. The Labute approximate surface area is 239 Å². The molecule has 1 amide bonds. The number of halogens is 3. The van der Waals surface area contributed by atoms with Crippen molar-refractivity contribution in [1.82, 2.24) is 14.7 Å². The number of amides is 1. The van der Waals surface area contributed by atoms with Gasteiger partial charge in [-0.1, -0.05) is 26.7 Å². The number of carbonyl (C=O) groups excluding carboxylic acids is 2. The van der Waals surface area contributed by atoms with Gasteiger partial charge in [-0.3, -0.25) is 14.5 Å². The van der Waals surface area contributed by atoms with Crippen molar-refractivity contribution >= 4 is 17.4 Å². The van der Waals surface area contributed by atoms with Crippen LogP contribution in [-0.2, 0) is 12.6 Å². The number of hydrogen-bond acceptors (Lipinski definition) is 5. The van der Waals surface area contributed by atoms with E-state index in [4.69, 9.17) is 5.73 Å². The van der Waals surface area contributed by atoms with Crippen molar-refractivity contribution < 1.29 is 22.8 Å². The van der Waals surface area contributed by atoms with Gasteiger partial charge in [0.15, 0.2) is 11.5 Å². The molecule has 3 fully saturated rings. The summed E-state index contributed by atoms with van der Waals surface area (Å²) >= 11 is 0. The summed E-state index contributed by atoms with van der Waals surface area (Å²) in [5.74, 6) is 0.385. The summed E-state index contributed by atoms with van der Waals surface area (Å²) < 4.78 is 43.3. The molecule has 0 spiro atoms. The molecule has 2 aromatic rings. The number of nitrogens with one attached hydrogen (secondary N) is 1. The zero-order valence-electron chi connectivity index (χ0n) is 23.9. The first-order valence-corrected chi connectivity index (χ1v) is 15.1. The molecule has 1 aromatic carbocycles.